The Hall–Kier alpha value is -3.40. The lowest BCUT2D eigenvalue weighted by molar-refractivity contribution is -0.669. The maximum atomic E-state index is 12.2. The van der Waals surface area contributed by atoms with Crippen LogP contribution in [0.2, 0.25) is 0 Å². The Morgan fingerprint density at radius 2 is 1.46 bits per heavy atom. The van der Waals surface area contributed by atoms with Gasteiger partial charge in [0.2, 0.25) is 5.91 Å². The number of nitrogens with one attached hydrogen (secondary N) is 2. The largest absolute Gasteiger partial charge is 0.355 e. The van der Waals surface area contributed by atoms with Crippen molar-refractivity contribution in [1.82, 2.24) is 10.3 Å². The van der Waals surface area contributed by atoms with Crippen LogP contribution in [0.5, 0.6) is 0 Å². The number of hydrogen-bond donors (Lipinski definition) is 2. The van der Waals surface area contributed by atoms with Crippen LogP contribution in [0.3, 0.4) is 0 Å². The zero-order valence-corrected chi connectivity index (χ0v) is 15.8. The molecule has 1 amide bonds. The molecule has 0 aliphatic rings. The lowest BCUT2D eigenvalue weighted by atomic mass is 10.1. The third kappa shape index (κ3) is 4.29. The number of aromatic nitrogens is 2. The van der Waals surface area contributed by atoms with Crippen LogP contribution in [-0.2, 0) is 24.2 Å². The van der Waals surface area contributed by atoms with Crippen molar-refractivity contribution in [2.24, 2.45) is 0 Å². The molecule has 4 nitrogen and oxygen atoms in total. The summed E-state index contributed by atoms with van der Waals surface area (Å²) < 4.78 is 2.30. The second-order valence-electron chi connectivity index (χ2n) is 6.92. The normalized spacial score (nSPS) is 10.9. The maximum absolute atomic E-state index is 12.2. The second-order valence-corrected chi connectivity index (χ2v) is 6.92. The van der Waals surface area contributed by atoms with Gasteiger partial charge in [-0.25, -0.2) is 9.55 Å². The number of hydrogen-bond acceptors (Lipinski definition) is 1. The zero-order chi connectivity index (χ0) is 19.2. The van der Waals surface area contributed by atoms with Crippen LogP contribution >= 0.6 is 0 Å². The van der Waals surface area contributed by atoms with E-state index >= 15 is 0 Å². The minimum atomic E-state index is 0.0527. The predicted octanol–water partition coefficient (Wildman–Crippen LogP) is 3.41. The summed E-state index contributed by atoms with van der Waals surface area (Å²) in [6.07, 6.45) is 1.17. The average Bonchev–Trinajstić information content (AvgIpc) is 3.07. The Kier molecular flexibility index (Phi) is 5.48. The summed E-state index contributed by atoms with van der Waals surface area (Å²) in [6.45, 7) is 1.41. The number of carbonyl (C=O) groups is 1. The smallest absolute Gasteiger partial charge is 0.257 e. The fourth-order valence-corrected chi connectivity index (χ4v) is 3.49. The van der Waals surface area contributed by atoms with Gasteiger partial charge in [0, 0.05) is 6.54 Å². The predicted molar refractivity (Wildman–Crippen MR) is 111 cm³/mol. The van der Waals surface area contributed by atoms with E-state index in [9.17, 15) is 4.79 Å². The molecular formula is C24H24N3O+. The summed E-state index contributed by atoms with van der Waals surface area (Å²) in [4.78, 5) is 15.7. The maximum Gasteiger partial charge on any atom is 0.257 e. The van der Waals surface area contributed by atoms with E-state index in [1.54, 1.807) is 0 Å². The van der Waals surface area contributed by atoms with Crippen molar-refractivity contribution >= 4 is 16.9 Å². The van der Waals surface area contributed by atoms with Crippen LogP contribution in [0.4, 0.5) is 0 Å². The van der Waals surface area contributed by atoms with E-state index in [-0.39, 0.29) is 5.91 Å². The first-order chi connectivity index (χ1) is 13.8. The fraction of sp³-hybridized carbons (Fsp3) is 0.167. The molecule has 0 atom stereocenters. The van der Waals surface area contributed by atoms with Crippen molar-refractivity contribution in [3.63, 3.8) is 0 Å². The van der Waals surface area contributed by atoms with E-state index in [1.807, 2.05) is 42.5 Å². The Morgan fingerprint density at radius 3 is 2.21 bits per heavy atom. The molecule has 0 radical (unpaired) electrons. The van der Waals surface area contributed by atoms with Crippen LogP contribution < -0.4 is 9.88 Å². The molecule has 0 fully saturated rings. The summed E-state index contributed by atoms with van der Waals surface area (Å²) in [6, 6.07) is 28.6. The number of benzene rings is 3. The van der Waals surface area contributed by atoms with Crippen molar-refractivity contribution in [2.75, 3.05) is 6.54 Å². The van der Waals surface area contributed by atoms with Crippen molar-refractivity contribution in [1.29, 1.82) is 0 Å². The number of nitrogens with zero attached hydrogens (tertiary/aromatic N) is 1. The SMILES string of the molecule is O=C(Cc1ccccc1)NCCc1[nH]c2ccccc2[n+]1Cc1ccccc1. The van der Waals surface area contributed by atoms with E-state index in [0.29, 0.717) is 13.0 Å². The van der Waals surface area contributed by atoms with Crippen LogP contribution in [0, 0.1) is 0 Å². The minimum Gasteiger partial charge on any atom is -0.355 e. The molecule has 140 valence electrons. The highest BCUT2D eigenvalue weighted by atomic mass is 16.1. The Balaban J connectivity index is 1.46. The molecule has 0 saturated carbocycles. The molecule has 0 spiro atoms. The molecule has 4 heteroatoms. The van der Waals surface area contributed by atoms with Crippen LogP contribution in [0.15, 0.2) is 84.9 Å². The first kappa shape index (κ1) is 18.0. The van der Waals surface area contributed by atoms with Crippen molar-refractivity contribution in [2.45, 2.75) is 19.4 Å². The number of aromatic amines is 1. The average molecular weight is 370 g/mol. The van der Waals surface area contributed by atoms with Crippen LogP contribution in [0.1, 0.15) is 17.0 Å². The highest BCUT2D eigenvalue weighted by Gasteiger charge is 2.18. The van der Waals surface area contributed by atoms with Gasteiger partial charge in [0.1, 0.15) is 6.54 Å². The molecule has 1 heterocycles. The van der Waals surface area contributed by atoms with Crippen LogP contribution in [-0.4, -0.2) is 17.4 Å². The molecule has 0 saturated heterocycles. The van der Waals surface area contributed by atoms with Gasteiger partial charge in [-0.3, -0.25) is 4.79 Å². The molecule has 1 aromatic heterocycles. The summed E-state index contributed by atoms with van der Waals surface area (Å²) in [7, 11) is 0. The Labute approximate surface area is 164 Å². The van der Waals surface area contributed by atoms with Gasteiger partial charge in [0.05, 0.1) is 12.8 Å². The van der Waals surface area contributed by atoms with E-state index in [2.05, 4.69) is 57.3 Å². The standard InChI is InChI=1S/C24H23N3O/c28-24(17-19-9-3-1-4-10-19)25-16-15-23-26-21-13-7-8-14-22(21)27(23)18-20-11-5-2-6-12-20/h1-14H,15-18H2,(H,25,28)/p+1. The molecule has 0 aliphatic heterocycles. The second kappa shape index (κ2) is 8.53. The lowest BCUT2D eigenvalue weighted by Gasteiger charge is -2.05. The van der Waals surface area contributed by atoms with Crippen LogP contribution in [0.25, 0.3) is 11.0 Å². The summed E-state index contributed by atoms with van der Waals surface area (Å²) in [5, 5.41) is 3.04. The molecular weight excluding hydrogens is 346 g/mol. The summed E-state index contributed by atoms with van der Waals surface area (Å²) in [5.41, 5.74) is 4.58. The summed E-state index contributed by atoms with van der Waals surface area (Å²) >= 11 is 0. The highest BCUT2D eigenvalue weighted by Crippen LogP contribution is 2.11. The topological polar surface area (TPSA) is 48.8 Å². The van der Waals surface area contributed by atoms with E-state index in [1.165, 1.54) is 11.1 Å². The van der Waals surface area contributed by atoms with Crippen molar-refractivity contribution < 1.29 is 9.36 Å². The van der Waals surface area contributed by atoms with Gasteiger partial charge in [-0.15, -0.1) is 0 Å². The molecule has 2 N–H and O–H groups in total. The quantitative estimate of drug-likeness (QED) is 0.481. The Bertz CT molecular complexity index is 1060. The molecule has 3 aromatic carbocycles. The van der Waals surface area contributed by atoms with Gasteiger partial charge >= 0.3 is 0 Å². The van der Waals surface area contributed by atoms with Gasteiger partial charge in [-0.05, 0) is 23.3 Å². The van der Waals surface area contributed by atoms with Gasteiger partial charge in [-0.1, -0.05) is 72.8 Å². The van der Waals surface area contributed by atoms with Gasteiger partial charge in [-0.2, -0.15) is 0 Å². The molecule has 4 aromatic rings. The van der Waals surface area contributed by atoms with Gasteiger partial charge < -0.3 is 5.32 Å². The molecule has 0 unspecified atom stereocenters. The van der Waals surface area contributed by atoms with Crippen molar-refractivity contribution in [3.8, 4) is 0 Å². The first-order valence-corrected chi connectivity index (χ1v) is 9.63. The third-order valence-electron chi connectivity index (χ3n) is 4.87. The molecule has 4 rings (SSSR count). The third-order valence-corrected chi connectivity index (χ3v) is 4.87. The first-order valence-electron chi connectivity index (χ1n) is 9.63. The van der Waals surface area contributed by atoms with E-state index < -0.39 is 0 Å². The Morgan fingerprint density at radius 1 is 0.821 bits per heavy atom. The highest BCUT2D eigenvalue weighted by molar-refractivity contribution is 5.78. The van der Waals surface area contributed by atoms with E-state index in [0.717, 1.165) is 29.9 Å². The van der Waals surface area contributed by atoms with Crippen molar-refractivity contribution in [3.05, 3.63) is 102 Å². The minimum absolute atomic E-state index is 0.0527. The molecule has 0 bridgehead atoms. The number of rotatable bonds is 7. The number of imidazole rings is 1. The number of fused-ring (bicyclic) bond motifs is 1. The monoisotopic (exact) mass is 370 g/mol. The van der Waals surface area contributed by atoms with Gasteiger partial charge in [0.25, 0.3) is 5.82 Å². The molecule has 28 heavy (non-hydrogen) atoms. The fourth-order valence-electron chi connectivity index (χ4n) is 3.49. The van der Waals surface area contributed by atoms with E-state index in [4.69, 9.17) is 0 Å². The number of para-hydroxylation sites is 2. The zero-order valence-electron chi connectivity index (χ0n) is 15.8. The number of carbonyl (C=O) groups excluding carboxylic acids is 1. The number of amides is 1. The number of H-pyrrole nitrogens is 1. The van der Waals surface area contributed by atoms with Gasteiger partial charge in [0.15, 0.2) is 11.0 Å². The lowest BCUT2D eigenvalue weighted by Crippen LogP contribution is -2.39. The summed E-state index contributed by atoms with van der Waals surface area (Å²) in [5.74, 6) is 1.17. The molecule has 0 aliphatic carbocycles.